The lowest BCUT2D eigenvalue weighted by Gasteiger charge is -2.18. The van der Waals surface area contributed by atoms with Crippen LogP contribution in [-0.4, -0.2) is 0 Å². The molecule has 0 aliphatic carbocycles. The summed E-state index contributed by atoms with van der Waals surface area (Å²) in [7, 11) is 0. The van der Waals surface area contributed by atoms with E-state index in [0.29, 0.717) is 11.8 Å². The van der Waals surface area contributed by atoms with Crippen LogP contribution in [0.25, 0.3) is 43.8 Å². The van der Waals surface area contributed by atoms with E-state index in [1.54, 1.807) is 0 Å². The van der Waals surface area contributed by atoms with E-state index in [2.05, 4.69) is 97.1 Å². The van der Waals surface area contributed by atoms with Gasteiger partial charge in [0.15, 0.2) is 0 Å². The van der Waals surface area contributed by atoms with E-state index in [1.165, 1.54) is 43.8 Å². The summed E-state index contributed by atoms with van der Waals surface area (Å²) in [4.78, 5) is 0. The van der Waals surface area contributed by atoms with Crippen molar-refractivity contribution in [2.45, 2.75) is 11.8 Å². The van der Waals surface area contributed by atoms with Crippen LogP contribution < -0.4 is 0 Å². The predicted octanol–water partition coefficient (Wildman–Crippen LogP) is 8.80. The Bertz CT molecular complexity index is 1170. The summed E-state index contributed by atoms with van der Waals surface area (Å²) in [5, 5.41) is 5.02. The molecule has 0 amide bonds. The van der Waals surface area contributed by atoms with Gasteiger partial charge in [-0.3, -0.25) is 0 Å². The maximum atomic E-state index is 6.02. The summed E-state index contributed by atoms with van der Waals surface area (Å²) in [6, 6.07) is 34.6. The van der Waals surface area contributed by atoms with Gasteiger partial charge in [-0.1, -0.05) is 97.1 Å². The molecule has 0 fully saturated rings. The molecule has 0 bridgehead atoms. The SMILES string of the molecule is ClCc1ccc(-c2c3ccccc3c(-c3ccc(CCl)cc3)c3ccccc23)cc1. The van der Waals surface area contributed by atoms with Crippen LogP contribution in [0, 0.1) is 0 Å². The number of hydrogen-bond donors (Lipinski definition) is 0. The molecule has 0 atom stereocenters. The highest BCUT2D eigenvalue weighted by Crippen LogP contribution is 2.43. The molecular formula is C28H20Cl2. The Kier molecular flexibility index (Phi) is 5.21. The summed E-state index contributed by atoms with van der Waals surface area (Å²) in [5.41, 5.74) is 7.21. The van der Waals surface area contributed by atoms with Crippen LogP contribution in [-0.2, 0) is 11.8 Å². The van der Waals surface area contributed by atoms with Crippen LogP contribution >= 0.6 is 23.2 Å². The van der Waals surface area contributed by atoms with E-state index >= 15 is 0 Å². The van der Waals surface area contributed by atoms with E-state index in [1.807, 2.05) is 0 Å². The van der Waals surface area contributed by atoms with E-state index in [0.717, 1.165) is 11.1 Å². The second kappa shape index (κ2) is 8.14. The van der Waals surface area contributed by atoms with Crippen LogP contribution in [0.1, 0.15) is 11.1 Å². The van der Waals surface area contributed by atoms with Crippen LogP contribution in [0.3, 0.4) is 0 Å². The fraction of sp³-hybridized carbons (Fsp3) is 0.0714. The van der Waals surface area contributed by atoms with Crippen molar-refractivity contribution < 1.29 is 0 Å². The Labute approximate surface area is 186 Å². The lowest BCUT2D eigenvalue weighted by Crippen LogP contribution is -1.91. The van der Waals surface area contributed by atoms with Crippen molar-refractivity contribution >= 4 is 44.7 Å². The molecule has 5 rings (SSSR count). The van der Waals surface area contributed by atoms with Gasteiger partial charge in [-0.05, 0) is 54.9 Å². The third-order valence-electron chi connectivity index (χ3n) is 5.73. The minimum Gasteiger partial charge on any atom is -0.122 e. The van der Waals surface area contributed by atoms with E-state index < -0.39 is 0 Å². The number of halogens is 2. The van der Waals surface area contributed by atoms with Gasteiger partial charge in [-0.2, -0.15) is 0 Å². The monoisotopic (exact) mass is 426 g/mol. The Balaban J connectivity index is 1.88. The molecule has 0 spiro atoms. The molecular weight excluding hydrogens is 407 g/mol. The molecule has 146 valence electrons. The zero-order valence-electron chi connectivity index (χ0n) is 16.4. The fourth-order valence-corrected chi connectivity index (χ4v) is 4.63. The maximum Gasteiger partial charge on any atom is 0.0474 e. The fourth-order valence-electron chi connectivity index (χ4n) is 4.27. The average Bonchev–Trinajstić information content (AvgIpc) is 2.82. The van der Waals surface area contributed by atoms with Crippen LogP contribution in [0.2, 0.25) is 0 Å². The normalized spacial score (nSPS) is 11.3. The molecule has 5 aromatic carbocycles. The second-order valence-corrected chi connectivity index (χ2v) is 8.04. The van der Waals surface area contributed by atoms with E-state index in [-0.39, 0.29) is 0 Å². The summed E-state index contributed by atoms with van der Waals surface area (Å²) < 4.78 is 0. The lowest BCUT2D eigenvalue weighted by atomic mass is 9.86. The van der Waals surface area contributed by atoms with Gasteiger partial charge < -0.3 is 0 Å². The molecule has 0 saturated heterocycles. The highest BCUT2D eigenvalue weighted by atomic mass is 35.5. The number of alkyl halides is 2. The zero-order valence-corrected chi connectivity index (χ0v) is 17.9. The molecule has 0 radical (unpaired) electrons. The quantitative estimate of drug-likeness (QED) is 0.199. The number of benzene rings is 5. The molecule has 0 N–H and O–H groups in total. The van der Waals surface area contributed by atoms with Gasteiger partial charge in [0.2, 0.25) is 0 Å². The van der Waals surface area contributed by atoms with Crippen molar-refractivity contribution in [2.75, 3.05) is 0 Å². The standard InChI is InChI=1S/C28H20Cl2/c29-17-19-9-13-21(14-10-19)27-23-5-1-2-6-24(23)28(26-8-4-3-7-25(26)27)22-15-11-20(18-30)12-16-22/h1-16H,17-18H2. The van der Waals surface area contributed by atoms with Crippen molar-refractivity contribution in [3.05, 3.63) is 108 Å². The van der Waals surface area contributed by atoms with Crippen LogP contribution in [0.4, 0.5) is 0 Å². The van der Waals surface area contributed by atoms with E-state index in [9.17, 15) is 0 Å². The Hall–Kier alpha value is -2.80. The maximum absolute atomic E-state index is 6.02. The first-order valence-corrected chi connectivity index (χ1v) is 11.1. The first kappa shape index (κ1) is 19.2. The molecule has 0 unspecified atom stereocenters. The molecule has 5 aromatic rings. The number of fused-ring (bicyclic) bond motifs is 2. The molecule has 0 aliphatic heterocycles. The third kappa shape index (κ3) is 3.27. The highest BCUT2D eigenvalue weighted by molar-refractivity contribution is 6.21. The van der Waals surface area contributed by atoms with Crippen molar-refractivity contribution in [2.24, 2.45) is 0 Å². The Morgan fingerprint density at radius 1 is 0.400 bits per heavy atom. The molecule has 0 nitrogen and oxygen atoms in total. The number of hydrogen-bond acceptors (Lipinski definition) is 0. The van der Waals surface area contributed by atoms with Crippen LogP contribution in [0.5, 0.6) is 0 Å². The molecule has 0 saturated carbocycles. The summed E-state index contributed by atoms with van der Waals surface area (Å²) in [5.74, 6) is 1.05. The number of rotatable bonds is 4. The summed E-state index contributed by atoms with van der Waals surface area (Å²) in [6.45, 7) is 0. The van der Waals surface area contributed by atoms with Gasteiger partial charge in [0.05, 0.1) is 0 Å². The van der Waals surface area contributed by atoms with Crippen molar-refractivity contribution in [1.29, 1.82) is 0 Å². The van der Waals surface area contributed by atoms with E-state index in [4.69, 9.17) is 23.2 Å². The molecule has 0 aliphatic rings. The Morgan fingerprint density at radius 3 is 0.967 bits per heavy atom. The van der Waals surface area contributed by atoms with Gasteiger partial charge >= 0.3 is 0 Å². The highest BCUT2D eigenvalue weighted by Gasteiger charge is 2.16. The lowest BCUT2D eigenvalue weighted by molar-refractivity contribution is 1.40. The molecule has 0 heterocycles. The van der Waals surface area contributed by atoms with Gasteiger partial charge in [0.1, 0.15) is 0 Å². The predicted molar refractivity (Wildman–Crippen MR) is 131 cm³/mol. The van der Waals surface area contributed by atoms with Crippen molar-refractivity contribution in [3.63, 3.8) is 0 Å². The molecule has 2 heteroatoms. The molecule has 0 aromatic heterocycles. The van der Waals surface area contributed by atoms with Crippen molar-refractivity contribution in [3.8, 4) is 22.3 Å². The summed E-state index contributed by atoms with van der Waals surface area (Å²) >= 11 is 12.0. The minimum atomic E-state index is 0.527. The first-order valence-electron chi connectivity index (χ1n) is 10.0. The second-order valence-electron chi connectivity index (χ2n) is 7.50. The third-order valence-corrected chi connectivity index (χ3v) is 6.34. The smallest absolute Gasteiger partial charge is 0.0474 e. The van der Waals surface area contributed by atoms with Gasteiger partial charge in [-0.15, -0.1) is 23.2 Å². The average molecular weight is 427 g/mol. The Morgan fingerprint density at radius 2 is 0.700 bits per heavy atom. The van der Waals surface area contributed by atoms with Crippen molar-refractivity contribution in [1.82, 2.24) is 0 Å². The van der Waals surface area contributed by atoms with Gasteiger partial charge in [-0.25, -0.2) is 0 Å². The first-order chi connectivity index (χ1) is 14.8. The zero-order chi connectivity index (χ0) is 20.5. The molecule has 30 heavy (non-hydrogen) atoms. The van der Waals surface area contributed by atoms with Gasteiger partial charge in [0, 0.05) is 11.8 Å². The van der Waals surface area contributed by atoms with Crippen LogP contribution in [0.15, 0.2) is 97.1 Å². The largest absolute Gasteiger partial charge is 0.122 e. The minimum absolute atomic E-state index is 0.527. The summed E-state index contributed by atoms with van der Waals surface area (Å²) in [6.07, 6.45) is 0. The van der Waals surface area contributed by atoms with Gasteiger partial charge in [0.25, 0.3) is 0 Å². The topological polar surface area (TPSA) is 0 Å².